The topological polar surface area (TPSA) is 33.2 Å². The summed E-state index contributed by atoms with van der Waals surface area (Å²) in [6.45, 7) is 4.27. The molecule has 2 aliphatic rings. The van der Waals surface area contributed by atoms with E-state index in [9.17, 15) is 4.79 Å². The molecule has 0 radical (unpaired) electrons. The molecule has 1 amide bonds. The van der Waals surface area contributed by atoms with E-state index in [2.05, 4.69) is 49.1 Å². The molecule has 2 saturated carbocycles. The normalized spacial score (nSPS) is 17.9. The first-order valence-corrected chi connectivity index (χ1v) is 12.9. The molecule has 5 rings (SSSR count). The first kappa shape index (κ1) is 22.1. The lowest BCUT2D eigenvalue weighted by Gasteiger charge is -2.42. The predicted molar refractivity (Wildman–Crippen MR) is 137 cm³/mol. The van der Waals surface area contributed by atoms with Crippen molar-refractivity contribution in [1.82, 2.24) is 9.88 Å². The molecular weight excluding hydrogens is 404 g/mol. The monoisotopic (exact) mass is 440 g/mol. The maximum absolute atomic E-state index is 14.4. The molecule has 3 aromatic rings. The van der Waals surface area contributed by atoms with Gasteiger partial charge in [0.05, 0.1) is 16.8 Å². The number of hydrogen-bond donors (Lipinski definition) is 0. The minimum atomic E-state index is 0.220. The molecule has 172 valence electrons. The third kappa shape index (κ3) is 4.55. The van der Waals surface area contributed by atoms with E-state index in [4.69, 9.17) is 4.98 Å². The van der Waals surface area contributed by atoms with E-state index in [1.165, 1.54) is 49.7 Å². The van der Waals surface area contributed by atoms with Crippen molar-refractivity contribution in [1.29, 1.82) is 0 Å². The molecule has 1 aromatic heterocycles. The summed E-state index contributed by atoms with van der Waals surface area (Å²) < 4.78 is 0. The zero-order valence-electron chi connectivity index (χ0n) is 20.1. The summed E-state index contributed by atoms with van der Waals surface area (Å²) in [5, 5.41) is 0.978. The van der Waals surface area contributed by atoms with Gasteiger partial charge in [0.2, 0.25) is 0 Å². The van der Waals surface area contributed by atoms with Crippen molar-refractivity contribution >= 4 is 16.8 Å². The highest BCUT2D eigenvalue weighted by Gasteiger charge is 2.34. The Balaban J connectivity index is 1.61. The molecule has 3 nitrogen and oxygen atoms in total. The average molecular weight is 441 g/mol. The van der Waals surface area contributed by atoms with Gasteiger partial charge >= 0.3 is 0 Å². The molecule has 0 atom stereocenters. The fourth-order valence-electron chi connectivity index (χ4n) is 5.89. The largest absolute Gasteiger partial charge is 0.333 e. The lowest BCUT2D eigenvalue weighted by Crippen LogP contribution is -2.48. The Morgan fingerprint density at radius 2 is 1.42 bits per heavy atom. The van der Waals surface area contributed by atoms with Crippen LogP contribution in [0.1, 0.15) is 85.7 Å². The van der Waals surface area contributed by atoms with Gasteiger partial charge < -0.3 is 4.90 Å². The molecule has 33 heavy (non-hydrogen) atoms. The molecule has 0 aliphatic heterocycles. The Kier molecular flexibility index (Phi) is 6.48. The smallest absolute Gasteiger partial charge is 0.255 e. The number of benzene rings is 2. The molecule has 2 aromatic carbocycles. The Morgan fingerprint density at radius 1 is 0.788 bits per heavy atom. The van der Waals surface area contributed by atoms with E-state index < -0.39 is 0 Å². The first-order chi connectivity index (χ1) is 16.1. The number of fused-ring (bicyclic) bond motifs is 1. The maximum atomic E-state index is 14.4. The molecule has 0 N–H and O–H groups in total. The lowest BCUT2D eigenvalue weighted by atomic mass is 9.87. The lowest BCUT2D eigenvalue weighted by molar-refractivity contribution is 0.0450. The number of para-hydroxylation sites is 1. The van der Waals surface area contributed by atoms with Crippen molar-refractivity contribution in [3.05, 3.63) is 65.2 Å². The van der Waals surface area contributed by atoms with Crippen molar-refractivity contribution < 1.29 is 4.79 Å². The first-order valence-electron chi connectivity index (χ1n) is 12.9. The quantitative estimate of drug-likeness (QED) is 0.418. The molecular formula is C30H36N2O. The van der Waals surface area contributed by atoms with Crippen LogP contribution >= 0.6 is 0 Å². The highest BCUT2D eigenvalue weighted by Crippen LogP contribution is 2.34. The van der Waals surface area contributed by atoms with E-state index in [-0.39, 0.29) is 5.91 Å². The summed E-state index contributed by atoms with van der Waals surface area (Å²) >= 11 is 0. The van der Waals surface area contributed by atoms with Crippen LogP contribution in [0.15, 0.2) is 48.5 Å². The third-order valence-corrected chi connectivity index (χ3v) is 7.92. The fourth-order valence-corrected chi connectivity index (χ4v) is 5.89. The van der Waals surface area contributed by atoms with Crippen molar-refractivity contribution in [2.45, 2.75) is 90.1 Å². The van der Waals surface area contributed by atoms with Gasteiger partial charge in [-0.25, -0.2) is 4.98 Å². The minimum Gasteiger partial charge on any atom is -0.333 e. The second-order valence-corrected chi connectivity index (χ2v) is 10.2. The number of nitrogens with zero attached hydrogens (tertiary/aromatic N) is 2. The molecule has 0 saturated heterocycles. The second kappa shape index (κ2) is 9.67. The van der Waals surface area contributed by atoms with Crippen LogP contribution in [0.3, 0.4) is 0 Å². The van der Waals surface area contributed by atoms with E-state index >= 15 is 0 Å². The number of amides is 1. The van der Waals surface area contributed by atoms with Crippen molar-refractivity contribution in [2.75, 3.05) is 0 Å². The Hall–Kier alpha value is -2.68. The second-order valence-electron chi connectivity index (χ2n) is 10.2. The number of carbonyl (C=O) groups is 1. The van der Waals surface area contributed by atoms with Crippen LogP contribution in [0.4, 0.5) is 0 Å². The summed E-state index contributed by atoms with van der Waals surface area (Å²) in [6.07, 6.45) is 12.2. The number of hydrogen-bond acceptors (Lipinski definition) is 2. The highest BCUT2D eigenvalue weighted by molar-refractivity contribution is 6.07. The minimum absolute atomic E-state index is 0.220. The van der Waals surface area contributed by atoms with Gasteiger partial charge in [-0.15, -0.1) is 0 Å². The van der Waals surface area contributed by atoms with Crippen LogP contribution in [0.5, 0.6) is 0 Å². The number of carbonyl (C=O) groups excluding carboxylic acids is 1. The van der Waals surface area contributed by atoms with Gasteiger partial charge in [-0.3, -0.25) is 4.79 Å². The molecule has 2 fully saturated rings. The molecule has 3 heteroatoms. The van der Waals surface area contributed by atoms with Gasteiger partial charge in [0.1, 0.15) is 0 Å². The van der Waals surface area contributed by atoms with Gasteiger partial charge in [0, 0.05) is 23.0 Å². The fraction of sp³-hybridized carbons (Fsp3) is 0.467. The van der Waals surface area contributed by atoms with Gasteiger partial charge in [-0.05, 0) is 68.9 Å². The van der Waals surface area contributed by atoms with Crippen LogP contribution in [0, 0.1) is 13.8 Å². The van der Waals surface area contributed by atoms with E-state index in [0.717, 1.165) is 53.4 Å². The summed E-state index contributed by atoms with van der Waals surface area (Å²) in [4.78, 5) is 21.7. The third-order valence-electron chi connectivity index (χ3n) is 7.92. The highest BCUT2D eigenvalue weighted by atomic mass is 16.2. The SMILES string of the molecule is Cc1ccc(-c2cc(C(=O)N(C3CCCCC3)C3CCCCC3)c3ccccc3n2)cc1C. The standard InChI is InChI=1S/C30H36N2O/c1-21-17-18-23(19-22(21)2)29-20-27(26-15-9-10-16-28(26)31-29)30(33)32(24-11-5-3-6-12-24)25-13-7-4-8-14-25/h9-10,15-20,24-25H,3-8,11-14H2,1-2H3. The van der Waals surface area contributed by atoms with E-state index in [0.29, 0.717) is 12.1 Å². The Morgan fingerprint density at radius 3 is 2.06 bits per heavy atom. The molecule has 0 unspecified atom stereocenters. The van der Waals surface area contributed by atoms with Crippen LogP contribution < -0.4 is 0 Å². The Bertz CT molecular complexity index is 1120. The number of rotatable bonds is 4. The van der Waals surface area contributed by atoms with E-state index in [1.807, 2.05) is 18.2 Å². The zero-order chi connectivity index (χ0) is 22.8. The molecule has 1 heterocycles. The number of aromatic nitrogens is 1. The summed E-state index contributed by atoms with van der Waals surface area (Å²) in [7, 11) is 0. The summed E-state index contributed by atoms with van der Waals surface area (Å²) in [6, 6.07) is 17.5. The molecule has 0 bridgehead atoms. The van der Waals surface area contributed by atoms with Crippen LogP contribution in [-0.2, 0) is 0 Å². The van der Waals surface area contributed by atoms with Gasteiger partial charge in [0.25, 0.3) is 5.91 Å². The Labute approximate surface area is 198 Å². The van der Waals surface area contributed by atoms with E-state index in [1.54, 1.807) is 0 Å². The van der Waals surface area contributed by atoms with Gasteiger partial charge in [-0.2, -0.15) is 0 Å². The van der Waals surface area contributed by atoms with Crippen LogP contribution in [0.25, 0.3) is 22.2 Å². The summed E-state index contributed by atoms with van der Waals surface area (Å²) in [5.74, 6) is 0.220. The molecule has 2 aliphatic carbocycles. The van der Waals surface area contributed by atoms with Gasteiger partial charge in [0.15, 0.2) is 0 Å². The van der Waals surface area contributed by atoms with Gasteiger partial charge in [-0.1, -0.05) is 68.9 Å². The summed E-state index contributed by atoms with van der Waals surface area (Å²) in [5.41, 5.74) is 6.24. The van der Waals surface area contributed by atoms with Crippen LogP contribution in [0.2, 0.25) is 0 Å². The maximum Gasteiger partial charge on any atom is 0.255 e. The predicted octanol–water partition coefficient (Wildman–Crippen LogP) is 7.63. The van der Waals surface area contributed by atoms with Crippen molar-refractivity contribution in [2.24, 2.45) is 0 Å². The van der Waals surface area contributed by atoms with Crippen molar-refractivity contribution in [3.63, 3.8) is 0 Å². The average Bonchev–Trinajstić information content (AvgIpc) is 2.86. The number of pyridine rings is 1. The number of aryl methyl sites for hydroxylation is 2. The van der Waals surface area contributed by atoms with Crippen LogP contribution in [-0.4, -0.2) is 27.9 Å². The zero-order valence-corrected chi connectivity index (χ0v) is 20.1. The molecule has 0 spiro atoms. The van der Waals surface area contributed by atoms with Crippen molar-refractivity contribution in [3.8, 4) is 11.3 Å².